The highest BCUT2D eigenvalue weighted by Crippen LogP contribution is 2.13. The van der Waals surface area contributed by atoms with Crippen molar-refractivity contribution in [1.29, 1.82) is 0 Å². The van der Waals surface area contributed by atoms with E-state index in [0.29, 0.717) is 5.82 Å². The monoisotopic (exact) mass is 243 g/mol. The van der Waals surface area contributed by atoms with Crippen LogP contribution in [-0.2, 0) is 10.2 Å². The summed E-state index contributed by atoms with van der Waals surface area (Å²) in [5.74, 6) is -0.0880. The van der Waals surface area contributed by atoms with E-state index in [1.54, 1.807) is 4.57 Å². The van der Waals surface area contributed by atoms with Crippen molar-refractivity contribution in [2.75, 3.05) is 0 Å². The Hall–Kier alpha value is -1.57. The van der Waals surface area contributed by atoms with Crippen molar-refractivity contribution in [2.45, 2.75) is 13.3 Å². The summed E-state index contributed by atoms with van der Waals surface area (Å²) in [6.07, 6.45) is 2.65. The molecule has 0 saturated heterocycles. The van der Waals surface area contributed by atoms with E-state index in [-0.39, 0.29) is 0 Å². The van der Waals surface area contributed by atoms with Crippen LogP contribution in [0.5, 0.6) is 0 Å². The molecule has 2 rings (SSSR count). The zero-order chi connectivity index (χ0) is 12.3. The SMILES string of the molecule is CCc1cn(-c2ccccc2)c(C(=O)[O][AlH])n1. The molecule has 0 fully saturated rings. The van der Waals surface area contributed by atoms with E-state index in [1.807, 2.05) is 43.5 Å². The summed E-state index contributed by atoms with van der Waals surface area (Å²) in [6.45, 7) is 2.00. The van der Waals surface area contributed by atoms with Gasteiger partial charge in [0.1, 0.15) is 0 Å². The Morgan fingerprint density at radius 1 is 1.41 bits per heavy atom. The standard InChI is InChI=1S/C12H12N2O2.Al.H/c1-2-9-8-14(11(13-9)12(15)16)10-6-4-3-5-7-10;;/h3-8H,2H2,1H3,(H,15,16);;/q;+1;/p-1. The van der Waals surface area contributed by atoms with Gasteiger partial charge in [-0.25, -0.2) is 9.78 Å². The summed E-state index contributed by atoms with van der Waals surface area (Å²) in [6, 6.07) is 9.62. The van der Waals surface area contributed by atoms with Crippen LogP contribution >= 0.6 is 0 Å². The average Bonchev–Trinajstić information content (AvgIpc) is 2.83. The number of aromatic nitrogens is 2. The van der Waals surface area contributed by atoms with Crippen LogP contribution in [0.1, 0.15) is 23.2 Å². The Labute approximate surface area is 108 Å². The fourth-order valence-electron chi connectivity index (χ4n) is 1.59. The van der Waals surface area contributed by atoms with Crippen LogP contribution in [0.25, 0.3) is 5.69 Å². The van der Waals surface area contributed by atoms with Crippen molar-refractivity contribution in [3.05, 3.63) is 48.0 Å². The molecule has 0 N–H and O–H groups in total. The second-order valence-corrected chi connectivity index (χ2v) is 3.84. The predicted molar refractivity (Wildman–Crippen MR) is 65.5 cm³/mol. The molecule has 4 nitrogen and oxygen atoms in total. The predicted octanol–water partition coefficient (Wildman–Crippen LogP) is 1.41. The maximum absolute atomic E-state index is 11.6. The summed E-state index contributed by atoms with van der Waals surface area (Å²) in [7, 11) is 0. The van der Waals surface area contributed by atoms with Crippen LogP contribution in [0.15, 0.2) is 36.5 Å². The fraction of sp³-hybridized carbons (Fsp3) is 0.167. The summed E-state index contributed by atoms with van der Waals surface area (Å²) in [5, 5.41) is 0. The minimum Gasteiger partial charge on any atom is -0.619 e. The van der Waals surface area contributed by atoms with E-state index in [0.717, 1.165) is 34.4 Å². The summed E-state index contributed by atoms with van der Waals surface area (Å²) >= 11 is 1.16. The van der Waals surface area contributed by atoms with Gasteiger partial charge in [-0.2, -0.15) is 0 Å². The topological polar surface area (TPSA) is 44.1 Å². The fourth-order valence-corrected chi connectivity index (χ4v) is 1.72. The molecular weight excluding hydrogens is 231 g/mol. The van der Waals surface area contributed by atoms with Gasteiger partial charge in [-0.1, -0.05) is 25.1 Å². The Morgan fingerprint density at radius 2 is 2.12 bits per heavy atom. The Bertz CT molecular complexity index is 523. The first-order valence-corrected chi connectivity index (χ1v) is 5.94. The minimum absolute atomic E-state index is 0.322. The Morgan fingerprint density at radius 3 is 2.71 bits per heavy atom. The third kappa shape index (κ3) is 2.41. The zero-order valence-corrected chi connectivity index (χ0v) is 11.0. The Kier molecular flexibility index (Phi) is 3.62. The average molecular weight is 243 g/mol. The number of benzene rings is 1. The molecule has 17 heavy (non-hydrogen) atoms. The van der Waals surface area contributed by atoms with Crippen LogP contribution in [0.2, 0.25) is 0 Å². The van der Waals surface area contributed by atoms with Crippen molar-refractivity contribution in [3.8, 4) is 5.69 Å². The lowest BCUT2D eigenvalue weighted by molar-refractivity contribution is 0.0735. The van der Waals surface area contributed by atoms with E-state index < -0.39 is 5.97 Å². The number of nitrogens with zero attached hydrogens (tertiary/aromatic N) is 2. The summed E-state index contributed by atoms with van der Waals surface area (Å²) < 4.78 is 6.52. The van der Waals surface area contributed by atoms with Gasteiger partial charge in [0.05, 0.1) is 5.69 Å². The molecule has 5 heteroatoms. The third-order valence-electron chi connectivity index (χ3n) is 2.47. The molecule has 1 radical (unpaired) electrons. The highest BCUT2D eigenvalue weighted by Gasteiger charge is 2.15. The lowest BCUT2D eigenvalue weighted by Crippen LogP contribution is -2.10. The van der Waals surface area contributed by atoms with Crippen molar-refractivity contribution in [3.63, 3.8) is 0 Å². The molecular formula is C12H12AlN2O2. The van der Waals surface area contributed by atoms with Gasteiger partial charge in [0.2, 0.25) is 5.82 Å². The number of rotatable bonds is 3. The van der Waals surface area contributed by atoms with Crippen LogP contribution in [-0.4, -0.2) is 32.1 Å². The van der Waals surface area contributed by atoms with Crippen molar-refractivity contribution >= 4 is 22.6 Å². The van der Waals surface area contributed by atoms with E-state index in [9.17, 15) is 4.79 Å². The van der Waals surface area contributed by atoms with Crippen LogP contribution < -0.4 is 0 Å². The number of para-hydroxylation sites is 1. The lowest BCUT2D eigenvalue weighted by Gasteiger charge is -2.06. The quantitative estimate of drug-likeness (QED) is 0.765. The molecule has 0 aliphatic carbocycles. The maximum Gasteiger partial charge on any atom is 0.497 e. The molecule has 0 bridgehead atoms. The molecule has 1 heterocycles. The number of hydrogen-bond donors (Lipinski definition) is 0. The third-order valence-corrected chi connectivity index (χ3v) is 2.73. The van der Waals surface area contributed by atoms with Crippen molar-refractivity contribution in [1.82, 2.24) is 9.55 Å². The molecule has 0 unspecified atom stereocenters. The molecule has 0 amide bonds. The second kappa shape index (κ2) is 5.17. The summed E-state index contributed by atoms with van der Waals surface area (Å²) in [4.78, 5) is 15.9. The number of carbonyl (C=O) groups is 1. The van der Waals surface area contributed by atoms with Gasteiger partial charge in [-0.05, 0) is 18.6 Å². The molecule has 0 atom stereocenters. The number of imidazole rings is 1. The van der Waals surface area contributed by atoms with E-state index in [4.69, 9.17) is 3.79 Å². The van der Waals surface area contributed by atoms with E-state index in [2.05, 4.69) is 4.98 Å². The largest absolute Gasteiger partial charge is 0.619 e. The van der Waals surface area contributed by atoms with Gasteiger partial charge < -0.3 is 3.79 Å². The van der Waals surface area contributed by atoms with Crippen LogP contribution in [0, 0.1) is 0 Å². The van der Waals surface area contributed by atoms with Crippen molar-refractivity contribution in [2.24, 2.45) is 0 Å². The molecule has 85 valence electrons. The highest BCUT2D eigenvalue weighted by molar-refractivity contribution is 6.08. The van der Waals surface area contributed by atoms with E-state index >= 15 is 0 Å². The molecule has 1 aromatic carbocycles. The minimum atomic E-state index is -0.410. The highest BCUT2D eigenvalue weighted by atomic mass is 27.1. The molecule has 0 aliphatic heterocycles. The lowest BCUT2D eigenvalue weighted by atomic mass is 10.3. The molecule has 2 aromatic rings. The number of hydrogen-bond acceptors (Lipinski definition) is 3. The molecule has 0 aliphatic rings. The first kappa shape index (κ1) is 11.9. The molecule has 1 aromatic heterocycles. The molecule has 0 spiro atoms. The normalized spacial score (nSPS) is 10.2. The van der Waals surface area contributed by atoms with Crippen LogP contribution in [0.3, 0.4) is 0 Å². The van der Waals surface area contributed by atoms with Gasteiger partial charge in [-0.15, -0.1) is 0 Å². The summed E-state index contributed by atoms with van der Waals surface area (Å²) in [5.41, 5.74) is 1.78. The maximum atomic E-state index is 11.6. The van der Waals surface area contributed by atoms with Gasteiger partial charge in [-0.3, -0.25) is 4.57 Å². The Balaban J connectivity index is 2.52. The first-order chi connectivity index (χ1) is 8.26. The molecule has 0 saturated carbocycles. The van der Waals surface area contributed by atoms with Gasteiger partial charge >= 0.3 is 22.6 Å². The van der Waals surface area contributed by atoms with Gasteiger partial charge in [0, 0.05) is 11.9 Å². The van der Waals surface area contributed by atoms with Crippen molar-refractivity contribution < 1.29 is 8.58 Å². The number of carbonyl (C=O) groups excluding carboxylic acids is 1. The smallest absolute Gasteiger partial charge is 0.497 e. The number of aryl methyl sites for hydroxylation is 1. The van der Waals surface area contributed by atoms with E-state index in [1.165, 1.54) is 0 Å². The zero-order valence-electron chi connectivity index (χ0n) is 9.59. The first-order valence-electron chi connectivity index (χ1n) is 5.36. The van der Waals surface area contributed by atoms with Gasteiger partial charge in [0.25, 0.3) is 0 Å². The van der Waals surface area contributed by atoms with Gasteiger partial charge in [0.15, 0.2) is 0 Å². The van der Waals surface area contributed by atoms with Crippen LogP contribution in [0.4, 0.5) is 0 Å². The second-order valence-electron chi connectivity index (χ2n) is 3.55.